The van der Waals surface area contributed by atoms with E-state index in [0.29, 0.717) is 0 Å². The Balaban J connectivity index is 0. The van der Waals surface area contributed by atoms with E-state index in [0.717, 1.165) is 0 Å². The van der Waals surface area contributed by atoms with Gasteiger partial charge in [-0.2, -0.15) is 0 Å². The molecule has 0 unspecified atom stereocenters. The normalized spacial score (nSPS) is 9.62. The molecule has 8 heavy (non-hydrogen) atoms. The van der Waals surface area contributed by atoms with E-state index >= 15 is 0 Å². The predicted molar refractivity (Wildman–Crippen MR) is 32.3 cm³/mol. The van der Waals surface area contributed by atoms with Crippen LogP contribution in [0, 0.1) is 0 Å². The van der Waals surface area contributed by atoms with Crippen molar-refractivity contribution in [3.8, 4) is 0 Å². The quantitative estimate of drug-likeness (QED) is 0.444. The van der Waals surface area contributed by atoms with Gasteiger partial charge in [-0.25, -0.2) is 8.42 Å². The summed E-state index contributed by atoms with van der Waals surface area (Å²) in [6, 6.07) is 0. The topological polar surface area (TPSA) is 34.1 Å². The average Bonchev–Trinajstić information content (AvgIpc) is 1.30. The smallest absolute Gasteiger partial charge is 0.236 e. The molecule has 0 aliphatic heterocycles. The highest BCUT2D eigenvalue weighted by atomic mass is 35.7. The van der Waals surface area contributed by atoms with Crippen molar-refractivity contribution in [3.05, 3.63) is 12.7 Å². The summed E-state index contributed by atoms with van der Waals surface area (Å²) >= 11 is 0. The van der Waals surface area contributed by atoms with E-state index in [9.17, 15) is 8.42 Å². The molecular formula is C3H6ClFO2S. The van der Waals surface area contributed by atoms with Gasteiger partial charge in [-0.05, 0) is 0 Å². The van der Waals surface area contributed by atoms with Crippen molar-refractivity contribution >= 4 is 19.7 Å². The Morgan fingerprint density at radius 2 is 2.00 bits per heavy atom. The van der Waals surface area contributed by atoms with Crippen LogP contribution < -0.4 is 0 Å². The van der Waals surface area contributed by atoms with Gasteiger partial charge in [-0.1, -0.05) is 6.08 Å². The highest BCUT2D eigenvalue weighted by Gasteiger charge is 1.97. The minimum atomic E-state index is -3.32. The van der Waals surface area contributed by atoms with Crippen LogP contribution in [-0.2, 0) is 9.05 Å². The average molecular weight is 161 g/mol. The fourth-order valence-electron chi connectivity index (χ4n) is 0.141. The molecule has 0 aromatic rings. The van der Waals surface area contributed by atoms with Crippen molar-refractivity contribution < 1.29 is 13.1 Å². The van der Waals surface area contributed by atoms with Gasteiger partial charge in [0, 0.05) is 10.7 Å². The first-order chi connectivity index (χ1) is 3.06. The van der Waals surface area contributed by atoms with E-state index < -0.39 is 9.05 Å². The first-order valence-corrected chi connectivity index (χ1v) is 4.07. The Morgan fingerprint density at radius 1 is 1.62 bits per heavy atom. The maximum atomic E-state index is 9.93. The summed E-state index contributed by atoms with van der Waals surface area (Å²) in [5, 5.41) is 0. The van der Waals surface area contributed by atoms with Crippen LogP contribution in [0.15, 0.2) is 12.7 Å². The summed E-state index contributed by atoms with van der Waals surface area (Å²) in [6.45, 7) is 3.18. The third-order valence-corrected chi connectivity index (χ3v) is 1.33. The zero-order valence-electron chi connectivity index (χ0n) is 4.00. The highest BCUT2D eigenvalue weighted by molar-refractivity contribution is 8.13. The van der Waals surface area contributed by atoms with Crippen molar-refractivity contribution in [2.45, 2.75) is 0 Å². The van der Waals surface area contributed by atoms with E-state index in [4.69, 9.17) is 10.7 Å². The van der Waals surface area contributed by atoms with Crippen molar-refractivity contribution in [1.82, 2.24) is 0 Å². The van der Waals surface area contributed by atoms with Gasteiger partial charge < -0.3 is 0 Å². The second-order valence-electron chi connectivity index (χ2n) is 0.994. The first-order valence-electron chi connectivity index (χ1n) is 1.59. The SMILES string of the molecule is C=CCS(=O)(=O)Cl.F. The number of halogens is 2. The fraction of sp³-hybridized carbons (Fsp3) is 0.333. The third kappa shape index (κ3) is 9.32. The van der Waals surface area contributed by atoms with E-state index in [2.05, 4.69) is 6.58 Å². The molecule has 0 aromatic heterocycles. The molecule has 0 aliphatic rings. The van der Waals surface area contributed by atoms with E-state index in [1.165, 1.54) is 6.08 Å². The molecule has 0 amide bonds. The molecule has 0 N–H and O–H groups in total. The molecule has 0 radical (unpaired) electrons. The van der Waals surface area contributed by atoms with Crippen LogP contribution in [0.3, 0.4) is 0 Å². The van der Waals surface area contributed by atoms with Crippen molar-refractivity contribution in [2.75, 3.05) is 5.75 Å². The van der Waals surface area contributed by atoms with E-state index in [1.807, 2.05) is 0 Å². The molecule has 0 bridgehead atoms. The lowest BCUT2D eigenvalue weighted by atomic mass is 10.8. The molecule has 0 heterocycles. The lowest BCUT2D eigenvalue weighted by Gasteiger charge is -1.79. The maximum Gasteiger partial charge on any atom is 0.236 e. The monoisotopic (exact) mass is 160 g/mol. The number of hydrogen-bond acceptors (Lipinski definition) is 2. The predicted octanol–water partition coefficient (Wildman–Crippen LogP) is 0.894. The summed E-state index contributed by atoms with van der Waals surface area (Å²) in [6.07, 6.45) is 1.24. The molecule has 50 valence electrons. The molecule has 0 fully saturated rings. The van der Waals surface area contributed by atoms with Gasteiger partial charge in [-0.3, -0.25) is 4.70 Å². The van der Waals surface area contributed by atoms with Gasteiger partial charge in [0.1, 0.15) is 0 Å². The van der Waals surface area contributed by atoms with Gasteiger partial charge in [0.05, 0.1) is 5.75 Å². The largest absolute Gasteiger partial charge is 0.269 e. The van der Waals surface area contributed by atoms with E-state index in [1.54, 1.807) is 0 Å². The first kappa shape index (κ1) is 10.8. The fourth-order valence-corrected chi connectivity index (χ4v) is 0.690. The Kier molecular flexibility index (Phi) is 5.21. The minimum Gasteiger partial charge on any atom is -0.269 e. The molecular weight excluding hydrogens is 155 g/mol. The van der Waals surface area contributed by atoms with Crippen LogP contribution in [0.25, 0.3) is 0 Å². The maximum absolute atomic E-state index is 9.93. The lowest BCUT2D eigenvalue weighted by Crippen LogP contribution is -1.90. The molecule has 2 nitrogen and oxygen atoms in total. The van der Waals surface area contributed by atoms with Crippen molar-refractivity contribution in [3.63, 3.8) is 0 Å². The van der Waals surface area contributed by atoms with Crippen LogP contribution in [0.2, 0.25) is 0 Å². The second-order valence-corrected chi connectivity index (χ2v) is 3.82. The standard InChI is InChI=1S/C3H5ClO2S.FH/c1-2-3-7(4,5)6;/h2H,1,3H2;1H. The second kappa shape index (κ2) is 3.86. The molecule has 0 rings (SSSR count). The van der Waals surface area contributed by atoms with Crippen molar-refractivity contribution in [1.29, 1.82) is 0 Å². The third-order valence-electron chi connectivity index (χ3n) is 0.317. The summed E-state index contributed by atoms with van der Waals surface area (Å²) in [4.78, 5) is 0. The molecule has 0 spiro atoms. The van der Waals surface area contributed by atoms with Gasteiger partial charge in [-0.15, -0.1) is 6.58 Å². The van der Waals surface area contributed by atoms with Crippen LogP contribution in [0.4, 0.5) is 4.70 Å². The lowest BCUT2D eigenvalue weighted by molar-refractivity contribution is 0.612. The minimum absolute atomic E-state index is 0. The van der Waals surface area contributed by atoms with Gasteiger partial charge in [0.15, 0.2) is 0 Å². The molecule has 0 aliphatic carbocycles. The van der Waals surface area contributed by atoms with Crippen LogP contribution in [0.1, 0.15) is 0 Å². The van der Waals surface area contributed by atoms with Gasteiger partial charge in [0.25, 0.3) is 0 Å². The van der Waals surface area contributed by atoms with Crippen molar-refractivity contribution in [2.24, 2.45) is 0 Å². The zero-order chi connectivity index (χ0) is 5.91. The Labute approximate surface area is 51.9 Å². The Bertz CT molecular complexity index is 151. The summed E-state index contributed by atoms with van der Waals surface area (Å²) in [7, 11) is 1.41. The van der Waals surface area contributed by atoms with Gasteiger partial charge >= 0.3 is 0 Å². The van der Waals surface area contributed by atoms with Crippen LogP contribution in [-0.4, -0.2) is 14.2 Å². The number of hydrogen-bond donors (Lipinski definition) is 0. The summed E-state index contributed by atoms with van der Waals surface area (Å²) < 4.78 is 19.9. The molecule has 0 atom stereocenters. The van der Waals surface area contributed by atoms with Crippen LogP contribution >= 0.6 is 10.7 Å². The molecule has 5 heteroatoms. The van der Waals surface area contributed by atoms with Crippen LogP contribution in [0.5, 0.6) is 0 Å². The Morgan fingerprint density at radius 3 is 2.00 bits per heavy atom. The summed E-state index contributed by atoms with van der Waals surface area (Å²) in [5.74, 6) is -0.158. The zero-order valence-corrected chi connectivity index (χ0v) is 5.57. The summed E-state index contributed by atoms with van der Waals surface area (Å²) in [5.41, 5.74) is 0. The highest BCUT2D eigenvalue weighted by Crippen LogP contribution is 1.93. The van der Waals surface area contributed by atoms with E-state index in [-0.39, 0.29) is 10.5 Å². The van der Waals surface area contributed by atoms with Gasteiger partial charge in [0.2, 0.25) is 9.05 Å². The Hall–Kier alpha value is -0.0900. The molecule has 0 aromatic carbocycles. The molecule has 0 saturated heterocycles. The number of rotatable bonds is 2. The molecule has 0 saturated carbocycles.